The first kappa shape index (κ1) is 19.9. The van der Waals surface area contributed by atoms with E-state index in [0.717, 1.165) is 4.90 Å². The summed E-state index contributed by atoms with van der Waals surface area (Å²) in [6.45, 7) is -0.389. The number of benzene rings is 2. The number of likely N-dealkylation sites (N-methyl/N-ethyl adjacent to an activating group) is 1. The minimum Gasteiger partial charge on any atom is -0.456 e. The van der Waals surface area contributed by atoms with Crippen LogP contribution < -0.4 is 5.32 Å². The molecule has 1 heterocycles. The van der Waals surface area contributed by atoms with Crippen molar-refractivity contribution < 1.29 is 23.5 Å². The Hall–Kier alpha value is -2.87. The third-order valence-corrected chi connectivity index (χ3v) is 5.48. The van der Waals surface area contributed by atoms with E-state index in [1.54, 1.807) is 24.3 Å². The topological polar surface area (TPSA) is 75.7 Å². The molecule has 0 fully saturated rings. The fourth-order valence-electron chi connectivity index (χ4n) is 2.66. The molecule has 0 unspecified atom stereocenters. The average molecular weight is 402 g/mol. The smallest absolute Gasteiger partial charge is 0.307 e. The van der Waals surface area contributed by atoms with E-state index in [0.29, 0.717) is 11.3 Å². The van der Waals surface area contributed by atoms with Gasteiger partial charge in [-0.05, 0) is 18.2 Å². The van der Waals surface area contributed by atoms with E-state index in [-0.39, 0.29) is 18.9 Å². The average Bonchev–Trinajstić information content (AvgIpc) is 2.68. The number of rotatable bonds is 6. The summed E-state index contributed by atoms with van der Waals surface area (Å²) >= 11 is 1.29. The van der Waals surface area contributed by atoms with Crippen LogP contribution in [0.25, 0.3) is 0 Å². The molecule has 1 aliphatic heterocycles. The molecule has 1 aliphatic rings. The monoisotopic (exact) mass is 402 g/mol. The van der Waals surface area contributed by atoms with Crippen LogP contribution in [0.15, 0.2) is 53.4 Å². The van der Waals surface area contributed by atoms with Gasteiger partial charge in [-0.25, -0.2) is 4.39 Å². The van der Waals surface area contributed by atoms with E-state index in [1.165, 1.54) is 29.8 Å². The molecule has 0 aromatic heterocycles. The van der Waals surface area contributed by atoms with Crippen LogP contribution in [0.3, 0.4) is 0 Å². The molecule has 1 atom stereocenters. The van der Waals surface area contributed by atoms with Crippen LogP contribution in [-0.2, 0) is 25.7 Å². The summed E-state index contributed by atoms with van der Waals surface area (Å²) < 4.78 is 18.7. The molecule has 8 heteroatoms. The normalized spacial score (nSPS) is 15.4. The standard InChI is InChI=1S/C20H19FN2O4S/c1-23(11-13-6-2-3-7-14(13)21)18(24)12-27-19(25)10-17-20(26)22-15-8-4-5-9-16(15)28-17/h2-9,17H,10-12H2,1H3,(H,22,26)/t17-/m0/s1. The number of para-hydroxylation sites is 1. The minimum atomic E-state index is -0.639. The lowest BCUT2D eigenvalue weighted by atomic mass is 10.2. The second-order valence-electron chi connectivity index (χ2n) is 6.30. The number of hydrogen-bond acceptors (Lipinski definition) is 5. The zero-order valence-corrected chi connectivity index (χ0v) is 16.0. The third-order valence-electron chi connectivity index (χ3n) is 4.21. The van der Waals surface area contributed by atoms with Gasteiger partial charge in [-0.2, -0.15) is 0 Å². The fourth-order valence-corrected chi connectivity index (χ4v) is 3.76. The van der Waals surface area contributed by atoms with Gasteiger partial charge in [-0.1, -0.05) is 30.3 Å². The summed E-state index contributed by atoms with van der Waals surface area (Å²) in [4.78, 5) is 38.5. The number of anilines is 1. The van der Waals surface area contributed by atoms with Gasteiger partial charge in [0.1, 0.15) is 5.82 Å². The Kier molecular flexibility index (Phi) is 6.30. The minimum absolute atomic E-state index is 0.0702. The molecule has 0 radical (unpaired) electrons. The zero-order chi connectivity index (χ0) is 20.1. The predicted octanol–water partition coefficient (Wildman–Crippen LogP) is 2.83. The molecule has 0 spiro atoms. The van der Waals surface area contributed by atoms with Crippen molar-refractivity contribution in [2.45, 2.75) is 23.1 Å². The molecule has 0 bridgehead atoms. The van der Waals surface area contributed by atoms with Gasteiger partial charge >= 0.3 is 5.97 Å². The number of nitrogens with one attached hydrogen (secondary N) is 1. The van der Waals surface area contributed by atoms with E-state index in [9.17, 15) is 18.8 Å². The van der Waals surface area contributed by atoms with E-state index in [1.807, 2.05) is 18.2 Å². The Bertz CT molecular complexity index is 905. The van der Waals surface area contributed by atoms with Crippen LogP contribution in [0.2, 0.25) is 0 Å². The second-order valence-corrected chi connectivity index (χ2v) is 7.54. The van der Waals surface area contributed by atoms with E-state index in [4.69, 9.17) is 4.74 Å². The predicted molar refractivity (Wildman–Crippen MR) is 103 cm³/mol. The molecule has 146 valence electrons. The Morgan fingerprint density at radius 2 is 1.89 bits per heavy atom. The molecule has 2 aromatic rings. The number of ether oxygens (including phenoxy) is 1. The summed E-state index contributed by atoms with van der Waals surface area (Å²) in [7, 11) is 1.50. The van der Waals surface area contributed by atoms with Crippen molar-refractivity contribution in [1.82, 2.24) is 4.90 Å². The van der Waals surface area contributed by atoms with Crippen LogP contribution in [0.4, 0.5) is 10.1 Å². The molecule has 28 heavy (non-hydrogen) atoms. The molecule has 6 nitrogen and oxygen atoms in total. The van der Waals surface area contributed by atoms with Gasteiger partial charge in [-0.15, -0.1) is 11.8 Å². The molecule has 3 rings (SSSR count). The highest BCUT2D eigenvalue weighted by molar-refractivity contribution is 8.01. The summed E-state index contributed by atoms with van der Waals surface area (Å²) in [6.07, 6.45) is -0.144. The van der Waals surface area contributed by atoms with Crippen molar-refractivity contribution in [2.75, 3.05) is 19.0 Å². The Balaban J connectivity index is 1.48. The van der Waals surface area contributed by atoms with Crippen molar-refractivity contribution >= 4 is 35.2 Å². The van der Waals surface area contributed by atoms with Crippen molar-refractivity contribution in [3.05, 3.63) is 59.9 Å². The number of amides is 2. The van der Waals surface area contributed by atoms with Gasteiger partial charge in [-0.3, -0.25) is 14.4 Å². The molecule has 1 N–H and O–H groups in total. The van der Waals surface area contributed by atoms with Gasteiger partial charge < -0.3 is 15.0 Å². The van der Waals surface area contributed by atoms with Gasteiger partial charge in [0.15, 0.2) is 6.61 Å². The van der Waals surface area contributed by atoms with Crippen molar-refractivity contribution in [3.63, 3.8) is 0 Å². The highest BCUT2D eigenvalue weighted by Gasteiger charge is 2.29. The highest BCUT2D eigenvalue weighted by Crippen LogP contribution is 2.36. The van der Waals surface area contributed by atoms with Crippen molar-refractivity contribution in [2.24, 2.45) is 0 Å². The Labute approximate surface area is 166 Å². The number of thioether (sulfide) groups is 1. The lowest BCUT2D eigenvalue weighted by Gasteiger charge is -2.23. The summed E-state index contributed by atoms with van der Waals surface area (Å²) in [5.74, 6) is -1.77. The number of hydrogen-bond donors (Lipinski definition) is 1. The molecule has 2 amide bonds. The van der Waals surface area contributed by atoms with Gasteiger partial charge in [0.05, 0.1) is 17.4 Å². The Morgan fingerprint density at radius 1 is 1.18 bits per heavy atom. The van der Waals surface area contributed by atoms with Crippen LogP contribution in [0.5, 0.6) is 0 Å². The third kappa shape index (κ3) is 4.89. The number of halogens is 1. The number of fused-ring (bicyclic) bond motifs is 1. The Morgan fingerprint density at radius 3 is 2.68 bits per heavy atom. The maximum Gasteiger partial charge on any atom is 0.307 e. The SMILES string of the molecule is CN(Cc1ccccc1F)C(=O)COC(=O)C[C@@H]1Sc2ccccc2NC1=O. The van der Waals surface area contributed by atoms with E-state index >= 15 is 0 Å². The van der Waals surface area contributed by atoms with Crippen LogP contribution in [-0.4, -0.2) is 41.6 Å². The lowest BCUT2D eigenvalue weighted by Crippen LogP contribution is -2.34. The maximum atomic E-state index is 13.7. The van der Waals surface area contributed by atoms with Crippen molar-refractivity contribution in [1.29, 1.82) is 0 Å². The first-order valence-electron chi connectivity index (χ1n) is 8.63. The number of nitrogens with zero attached hydrogens (tertiary/aromatic N) is 1. The van der Waals surface area contributed by atoms with Crippen molar-refractivity contribution in [3.8, 4) is 0 Å². The largest absolute Gasteiger partial charge is 0.456 e. The van der Waals surface area contributed by atoms with Crippen LogP contribution in [0.1, 0.15) is 12.0 Å². The molecular formula is C20H19FN2O4S. The van der Waals surface area contributed by atoms with Gasteiger partial charge in [0.2, 0.25) is 5.91 Å². The number of carbonyl (C=O) groups excluding carboxylic acids is 3. The molecule has 0 saturated heterocycles. The molecule has 2 aromatic carbocycles. The number of esters is 1. The summed E-state index contributed by atoms with van der Waals surface area (Å²) in [5, 5.41) is 2.14. The molecule has 0 saturated carbocycles. The quantitative estimate of drug-likeness (QED) is 0.752. The number of carbonyl (C=O) groups is 3. The maximum absolute atomic E-state index is 13.7. The first-order valence-corrected chi connectivity index (χ1v) is 9.51. The fraction of sp³-hybridized carbons (Fsp3) is 0.250. The molecular weight excluding hydrogens is 383 g/mol. The molecule has 0 aliphatic carbocycles. The lowest BCUT2D eigenvalue weighted by molar-refractivity contribution is -0.152. The second kappa shape index (κ2) is 8.88. The van der Waals surface area contributed by atoms with Crippen LogP contribution in [0, 0.1) is 5.82 Å². The zero-order valence-electron chi connectivity index (χ0n) is 15.2. The summed E-state index contributed by atoms with van der Waals surface area (Å²) in [5.41, 5.74) is 1.09. The van der Waals surface area contributed by atoms with Crippen LogP contribution >= 0.6 is 11.8 Å². The van der Waals surface area contributed by atoms with Gasteiger partial charge in [0, 0.05) is 24.1 Å². The van der Waals surface area contributed by atoms with Gasteiger partial charge in [0.25, 0.3) is 5.91 Å². The summed E-state index contributed by atoms with van der Waals surface area (Å²) in [6, 6.07) is 13.5. The van der Waals surface area contributed by atoms with E-state index in [2.05, 4.69) is 5.32 Å². The highest BCUT2D eigenvalue weighted by atomic mass is 32.2. The van der Waals surface area contributed by atoms with E-state index < -0.39 is 29.6 Å². The first-order chi connectivity index (χ1) is 13.4.